The van der Waals surface area contributed by atoms with Crippen molar-refractivity contribution in [2.45, 2.75) is 38.8 Å². The van der Waals surface area contributed by atoms with Crippen LogP contribution in [0.1, 0.15) is 27.7 Å². The predicted molar refractivity (Wildman–Crippen MR) is 53.1 cm³/mol. The van der Waals surface area contributed by atoms with Crippen LogP contribution >= 0.6 is 0 Å². The molecule has 0 fully saturated rings. The number of nitrogens with two attached hydrogens (primary N) is 1. The minimum atomic E-state index is -0.725. The molecule has 0 unspecified atom stereocenters. The van der Waals surface area contributed by atoms with Crippen molar-refractivity contribution >= 4 is 5.91 Å². The minimum Gasteiger partial charge on any atom is -0.366 e. The average Bonchev–Trinajstić information content (AvgIpc) is 2.17. The summed E-state index contributed by atoms with van der Waals surface area (Å²) in [6.45, 7) is 7.12. The number of carbonyl (C=O) groups excluding carboxylic acids is 1. The molecule has 0 atom stereocenters. The van der Waals surface area contributed by atoms with Crippen molar-refractivity contribution in [2.75, 3.05) is 0 Å². The number of rotatable bonds is 2. The van der Waals surface area contributed by atoms with E-state index < -0.39 is 17.0 Å². The molecule has 0 radical (unpaired) electrons. The molecule has 0 aromatic heterocycles. The summed E-state index contributed by atoms with van der Waals surface area (Å²) < 4.78 is 0. The molecule has 0 saturated heterocycles. The monoisotopic (exact) mass is 197 g/mol. The smallest absolute Gasteiger partial charge is 0.246 e. The zero-order valence-corrected chi connectivity index (χ0v) is 8.87. The third kappa shape index (κ3) is 1.29. The number of hydrogen-bond donors (Lipinski definition) is 1. The number of primary amides is 1. The maximum absolute atomic E-state index is 11.2. The van der Waals surface area contributed by atoms with E-state index >= 15 is 0 Å². The fraction of sp³-hybridized carbons (Fsp3) is 0.667. The van der Waals surface area contributed by atoms with Gasteiger partial charge >= 0.3 is 0 Å². The third-order valence-electron chi connectivity index (χ3n) is 2.58. The molecule has 0 bridgehead atoms. The van der Waals surface area contributed by atoms with Crippen molar-refractivity contribution in [1.29, 1.82) is 0 Å². The van der Waals surface area contributed by atoms with Gasteiger partial charge in [-0.2, -0.15) is 0 Å². The number of hydrogen-bond acceptors (Lipinski definition) is 3. The highest BCUT2D eigenvalue weighted by atomic mass is 16.3. The number of carbonyl (C=O) groups is 1. The lowest BCUT2D eigenvalue weighted by molar-refractivity contribution is -0.115. The maximum atomic E-state index is 11.2. The van der Waals surface area contributed by atoms with E-state index in [1.807, 2.05) is 13.8 Å². The van der Waals surface area contributed by atoms with Gasteiger partial charge in [-0.05, 0) is 33.8 Å². The van der Waals surface area contributed by atoms with Gasteiger partial charge in [-0.3, -0.25) is 4.79 Å². The first kappa shape index (κ1) is 10.7. The largest absolute Gasteiger partial charge is 0.366 e. The van der Waals surface area contributed by atoms with Gasteiger partial charge in [0.15, 0.2) is 0 Å². The second-order valence-electron chi connectivity index (χ2n) is 4.53. The Hall–Kier alpha value is -1.39. The molecular weight excluding hydrogens is 182 g/mol. The lowest BCUT2D eigenvalue weighted by Gasteiger charge is -2.35. The van der Waals surface area contributed by atoms with Crippen LogP contribution in [0.3, 0.4) is 0 Å². The van der Waals surface area contributed by atoms with E-state index in [4.69, 9.17) is 5.73 Å². The second kappa shape index (κ2) is 2.80. The lowest BCUT2D eigenvalue weighted by Crippen LogP contribution is -2.47. The molecule has 14 heavy (non-hydrogen) atoms. The van der Waals surface area contributed by atoms with E-state index in [2.05, 4.69) is 5.29 Å². The SMILES string of the molecule is CC1(C)C=C(C(N)=O)C(C)(C)N1N=O. The van der Waals surface area contributed by atoms with Crippen molar-refractivity contribution in [1.82, 2.24) is 5.01 Å². The van der Waals surface area contributed by atoms with E-state index in [0.29, 0.717) is 5.57 Å². The van der Waals surface area contributed by atoms with Crippen molar-refractivity contribution in [3.05, 3.63) is 16.6 Å². The van der Waals surface area contributed by atoms with Crippen LogP contribution in [0.5, 0.6) is 0 Å². The van der Waals surface area contributed by atoms with Gasteiger partial charge in [0.1, 0.15) is 0 Å². The molecule has 1 aliphatic rings. The van der Waals surface area contributed by atoms with Crippen molar-refractivity contribution in [2.24, 2.45) is 11.0 Å². The second-order valence-corrected chi connectivity index (χ2v) is 4.53. The molecule has 1 heterocycles. The highest BCUT2D eigenvalue weighted by Crippen LogP contribution is 2.39. The van der Waals surface area contributed by atoms with E-state index in [1.165, 1.54) is 5.01 Å². The first-order valence-corrected chi connectivity index (χ1v) is 4.40. The molecule has 5 nitrogen and oxygen atoms in total. The fourth-order valence-electron chi connectivity index (χ4n) is 2.01. The molecule has 0 saturated carbocycles. The molecular formula is C9H15N3O2. The molecule has 0 aliphatic carbocycles. The molecule has 0 aromatic carbocycles. The fourth-order valence-corrected chi connectivity index (χ4v) is 2.01. The molecule has 5 heteroatoms. The summed E-state index contributed by atoms with van der Waals surface area (Å²) in [5, 5.41) is 4.30. The summed E-state index contributed by atoms with van der Waals surface area (Å²) in [7, 11) is 0. The molecule has 0 spiro atoms. The zero-order chi connectivity index (χ0) is 11.1. The molecule has 1 amide bonds. The van der Waals surface area contributed by atoms with Gasteiger partial charge in [-0.1, -0.05) is 0 Å². The molecule has 0 aromatic rings. The average molecular weight is 197 g/mol. The highest BCUT2D eigenvalue weighted by Gasteiger charge is 2.48. The van der Waals surface area contributed by atoms with Crippen molar-refractivity contribution < 1.29 is 4.79 Å². The first-order valence-electron chi connectivity index (χ1n) is 4.40. The van der Waals surface area contributed by atoms with E-state index in [-0.39, 0.29) is 0 Å². The van der Waals surface area contributed by atoms with E-state index in [0.717, 1.165) is 0 Å². The van der Waals surface area contributed by atoms with Crippen molar-refractivity contribution in [3.63, 3.8) is 0 Å². The first-order chi connectivity index (χ1) is 6.23. The van der Waals surface area contributed by atoms with Crippen LogP contribution in [0.4, 0.5) is 0 Å². The standard InChI is InChI=1S/C9H15N3O2/c1-8(2)5-6(7(10)13)9(3,4)12(8)11-14/h5H,1-4H3,(H2,10,13). The van der Waals surface area contributed by atoms with Crippen LogP contribution in [0.25, 0.3) is 0 Å². The van der Waals surface area contributed by atoms with Crippen LogP contribution in [-0.2, 0) is 4.79 Å². The van der Waals surface area contributed by atoms with Crippen LogP contribution in [-0.4, -0.2) is 22.0 Å². The van der Waals surface area contributed by atoms with E-state index in [1.54, 1.807) is 19.9 Å². The summed E-state index contributed by atoms with van der Waals surface area (Å²) in [5.41, 5.74) is 4.38. The quantitative estimate of drug-likeness (QED) is 0.669. The van der Waals surface area contributed by atoms with Gasteiger partial charge in [0.2, 0.25) is 5.91 Å². The Balaban J connectivity index is 3.24. The number of nitrogens with zero attached hydrogens (tertiary/aromatic N) is 2. The maximum Gasteiger partial charge on any atom is 0.246 e. The Morgan fingerprint density at radius 2 is 1.93 bits per heavy atom. The summed E-state index contributed by atoms with van der Waals surface area (Å²) in [5.74, 6) is -0.505. The van der Waals surface area contributed by atoms with Gasteiger partial charge in [0, 0.05) is 5.57 Å². The van der Waals surface area contributed by atoms with Gasteiger partial charge in [0.25, 0.3) is 0 Å². The Bertz CT molecular complexity index is 318. The third-order valence-corrected chi connectivity index (χ3v) is 2.58. The van der Waals surface area contributed by atoms with Crippen LogP contribution in [0, 0.1) is 4.91 Å². The van der Waals surface area contributed by atoms with Gasteiger partial charge in [-0.25, -0.2) is 5.01 Å². The Morgan fingerprint density at radius 1 is 1.43 bits per heavy atom. The van der Waals surface area contributed by atoms with Crippen molar-refractivity contribution in [3.8, 4) is 0 Å². The summed E-state index contributed by atoms with van der Waals surface area (Å²) in [6.07, 6.45) is 1.69. The molecule has 1 aliphatic heterocycles. The highest BCUT2D eigenvalue weighted by molar-refractivity contribution is 5.95. The zero-order valence-electron chi connectivity index (χ0n) is 8.87. The van der Waals surface area contributed by atoms with Crippen LogP contribution in [0.15, 0.2) is 16.9 Å². The number of nitroso groups, excluding NO2 is 1. The normalized spacial score (nSPS) is 23.1. The Morgan fingerprint density at radius 3 is 2.14 bits per heavy atom. The van der Waals surface area contributed by atoms with Gasteiger partial charge in [-0.15, -0.1) is 4.91 Å². The Labute approximate surface area is 82.9 Å². The number of amides is 1. The predicted octanol–water partition coefficient (Wildman–Crippen LogP) is 0.952. The van der Waals surface area contributed by atoms with Crippen LogP contribution < -0.4 is 5.73 Å². The topological polar surface area (TPSA) is 75.8 Å². The van der Waals surface area contributed by atoms with Gasteiger partial charge in [0.05, 0.1) is 16.4 Å². The summed E-state index contributed by atoms with van der Waals surface area (Å²) >= 11 is 0. The summed E-state index contributed by atoms with van der Waals surface area (Å²) in [6, 6.07) is 0. The molecule has 78 valence electrons. The van der Waals surface area contributed by atoms with Crippen LogP contribution in [0.2, 0.25) is 0 Å². The molecule has 2 N–H and O–H groups in total. The Kier molecular flexibility index (Phi) is 2.14. The van der Waals surface area contributed by atoms with Gasteiger partial charge < -0.3 is 5.73 Å². The minimum absolute atomic E-state index is 0.433. The summed E-state index contributed by atoms with van der Waals surface area (Å²) in [4.78, 5) is 21.8. The lowest BCUT2D eigenvalue weighted by atomic mass is 9.96. The molecule has 1 rings (SSSR count). The van der Waals surface area contributed by atoms with E-state index in [9.17, 15) is 9.70 Å².